The second kappa shape index (κ2) is 14.9. The fourth-order valence-electron chi connectivity index (χ4n) is 6.90. The second-order valence-electron chi connectivity index (χ2n) is 13.0. The van der Waals surface area contributed by atoms with E-state index in [1.54, 1.807) is 69.5 Å². The molecule has 55 heavy (non-hydrogen) atoms. The normalized spacial score (nSPS) is 12.8. The van der Waals surface area contributed by atoms with Crippen molar-refractivity contribution in [1.82, 2.24) is 15.5 Å². The number of fused-ring (bicyclic) bond motifs is 5. The van der Waals surface area contributed by atoms with Gasteiger partial charge in [-0.2, -0.15) is 5.48 Å². The number of ether oxygens (including phenoxy) is 2. The molecule has 6 aromatic carbocycles. The maximum Gasteiger partial charge on any atom is 0.274 e. The lowest BCUT2D eigenvalue weighted by Gasteiger charge is -2.22. The van der Waals surface area contributed by atoms with Crippen molar-refractivity contribution < 1.29 is 34.6 Å². The summed E-state index contributed by atoms with van der Waals surface area (Å²) in [6, 6.07) is 39.4. The summed E-state index contributed by atoms with van der Waals surface area (Å²) in [4.78, 5) is 41.9. The van der Waals surface area contributed by atoms with E-state index >= 15 is 0 Å². The van der Waals surface area contributed by atoms with Gasteiger partial charge in [0.1, 0.15) is 18.1 Å². The van der Waals surface area contributed by atoms with Crippen molar-refractivity contribution in [3.8, 4) is 28.4 Å². The van der Waals surface area contributed by atoms with Crippen LogP contribution in [-0.4, -0.2) is 45.1 Å². The van der Waals surface area contributed by atoms with Crippen molar-refractivity contribution in [1.29, 1.82) is 0 Å². The number of anilines is 1. The third kappa shape index (κ3) is 6.78. The lowest BCUT2D eigenvalue weighted by molar-refractivity contribution is 0.000692. The summed E-state index contributed by atoms with van der Waals surface area (Å²) in [7, 11) is 0. The third-order valence-electron chi connectivity index (χ3n) is 9.70. The number of carbonyl (C=O) groups is 2. The number of carbonyl (C=O) groups excluding carboxylic acids is 2. The highest BCUT2D eigenvalue weighted by molar-refractivity contribution is 6.11. The Labute approximate surface area is 313 Å². The molecule has 1 atom stereocenters. The summed E-state index contributed by atoms with van der Waals surface area (Å²) in [6.45, 7) is 0.600. The number of para-hydroxylation sites is 3. The van der Waals surface area contributed by atoms with E-state index in [1.165, 1.54) is 12.1 Å². The minimum Gasteiger partial charge on any atom is -0.492 e. The number of pyridine rings is 1. The van der Waals surface area contributed by atoms with Crippen molar-refractivity contribution in [3.63, 3.8) is 0 Å². The van der Waals surface area contributed by atoms with Gasteiger partial charge in [-0.05, 0) is 88.3 Å². The van der Waals surface area contributed by atoms with Gasteiger partial charge in [-0.1, -0.05) is 72.8 Å². The van der Waals surface area contributed by atoms with Crippen LogP contribution in [0.5, 0.6) is 17.2 Å². The number of rotatable bonds is 10. The Hall–Kier alpha value is -6.83. The number of benzene rings is 6. The molecule has 2 amide bonds. The van der Waals surface area contributed by atoms with Gasteiger partial charge >= 0.3 is 0 Å². The Bertz CT molecular complexity index is 2640. The van der Waals surface area contributed by atoms with Crippen molar-refractivity contribution in [2.45, 2.75) is 12.8 Å². The maximum absolute atomic E-state index is 14.3. The van der Waals surface area contributed by atoms with Gasteiger partial charge < -0.3 is 29.3 Å². The third-order valence-corrected chi connectivity index (χ3v) is 9.70. The molecule has 0 bridgehead atoms. The van der Waals surface area contributed by atoms with Gasteiger partial charge in [0.15, 0.2) is 12.0 Å². The van der Waals surface area contributed by atoms with Crippen LogP contribution < -0.4 is 30.9 Å². The Morgan fingerprint density at radius 3 is 2.25 bits per heavy atom. The minimum atomic E-state index is -1.22. The lowest BCUT2D eigenvalue weighted by Crippen LogP contribution is -2.34. The summed E-state index contributed by atoms with van der Waals surface area (Å²) in [6.07, 6.45) is -1.22. The molecule has 0 fully saturated rings. The van der Waals surface area contributed by atoms with Crippen LogP contribution >= 0.6 is 0 Å². The number of amides is 2. The number of hydroxylamine groups is 2. The zero-order valence-electron chi connectivity index (χ0n) is 29.2. The SMILES string of the molecule is O=C(NO)c1ccc(OCCN2C(=O)c3cc(-c4ccc5c(c4)c(=O)n(Cc4ccc(C(O)NO)cc4)c4ccccc54)ccc3Oc3ccccc32)cc1. The van der Waals surface area contributed by atoms with Crippen molar-refractivity contribution in [2.24, 2.45) is 0 Å². The molecule has 1 unspecified atom stereocenters. The summed E-state index contributed by atoms with van der Waals surface area (Å²) in [5.74, 6) is 0.466. The minimum absolute atomic E-state index is 0.136. The van der Waals surface area contributed by atoms with Gasteiger partial charge in [0.25, 0.3) is 17.4 Å². The van der Waals surface area contributed by atoms with Gasteiger partial charge in [0.2, 0.25) is 0 Å². The largest absolute Gasteiger partial charge is 0.492 e. The molecule has 1 aromatic heterocycles. The Kier molecular flexibility index (Phi) is 9.53. The smallest absolute Gasteiger partial charge is 0.274 e. The number of aromatic nitrogens is 1. The molecule has 12 heteroatoms. The molecule has 5 N–H and O–H groups in total. The fraction of sp³-hybridized carbons (Fsp3) is 0.0930. The molecular weight excluding hydrogens is 700 g/mol. The van der Waals surface area contributed by atoms with Crippen LogP contribution in [0.25, 0.3) is 32.8 Å². The standard InChI is InChI=1S/C43H34N4O8/c48-40(44-52)27-11-9-26(10-12-27)25-47-36-6-2-1-5-33(36)32-19-15-29(23-34(32)42(47)50)30-16-20-38-35(24-30)43(51)46(37-7-3-4-8-39(37)55-38)21-22-54-31-17-13-28(14-18-31)41(49)45-53/h1-20,23-24,40,44,48,52-53H,21-22,25H2,(H,45,49). The average molecular weight is 735 g/mol. The number of nitrogens with one attached hydrogen (secondary N) is 2. The highest BCUT2D eigenvalue weighted by Gasteiger charge is 2.29. The highest BCUT2D eigenvalue weighted by Crippen LogP contribution is 2.40. The molecule has 0 aliphatic carbocycles. The van der Waals surface area contributed by atoms with E-state index < -0.39 is 12.1 Å². The topological polar surface area (TPSA) is 163 Å². The molecule has 1 aliphatic heterocycles. The van der Waals surface area contributed by atoms with E-state index in [0.717, 1.165) is 33.0 Å². The van der Waals surface area contributed by atoms with E-state index in [-0.39, 0.29) is 36.7 Å². The zero-order chi connectivity index (χ0) is 38.1. The number of aliphatic hydroxyl groups is 1. The van der Waals surface area contributed by atoms with Gasteiger partial charge in [0.05, 0.1) is 29.9 Å². The van der Waals surface area contributed by atoms with Crippen molar-refractivity contribution in [2.75, 3.05) is 18.1 Å². The molecule has 0 spiro atoms. The van der Waals surface area contributed by atoms with Crippen molar-refractivity contribution >= 4 is 39.2 Å². The number of hydrogen-bond donors (Lipinski definition) is 5. The molecule has 0 saturated heterocycles. The van der Waals surface area contributed by atoms with Crippen LogP contribution in [-0.2, 0) is 6.54 Å². The van der Waals surface area contributed by atoms with Crippen LogP contribution in [0.1, 0.15) is 38.1 Å². The van der Waals surface area contributed by atoms with Gasteiger partial charge in [0, 0.05) is 16.3 Å². The number of hydrogen-bond acceptors (Lipinski definition) is 9. The predicted octanol–water partition coefficient (Wildman–Crippen LogP) is 6.79. The van der Waals surface area contributed by atoms with Crippen LogP contribution in [0.3, 0.4) is 0 Å². The van der Waals surface area contributed by atoms with E-state index in [1.807, 2.05) is 72.2 Å². The molecule has 7 aromatic rings. The summed E-state index contributed by atoms with van der Waals surface area (Å²) < 4.78 is 14.0. The highest BCUT2D eigenvalue weighted by atomic mass is 16.5. The summed E-state index contributed by atoms with van der Waals surface area (Å²) in [5, 5.41) is 30.1. The number of nitrogens with zero attached hydrogens (tertiary/aromatic N) is 2. The molecule has 0 saturated carbocycles. The maximum atomic E-state index is 14.3. The first-order chi connectivity index (χ1) is 26.8. The molecular formula is C43H34N4O8. The quantitative estimate of drug-likeness (QED) is 0.0441. The van der Waals surface area contributed by atoms with Crippen LogP contribution in [0.4, 0.5) is 5.69 Å². The van der Waals surface area contributed by atoms with Gasteiger partial charge in [-0.25, -0.2) is 5.48 Å². The van der Waals surface area contributed by atoms with E-state index in [9.17, 15) is 19.5 Å². The van der Waals surface area contributed by atoms with Crippen molar-refractivity contribution in [3.05, 3.63) is 166 Å². The first kappa shape index (κ1) is 35.2. The van der Waals surface area contributed by atoms with Gasteiger partial charge in [-0.15, -0.1) is 0 Å². The van der Waals surface area contributed by atoms with Crippen LogP contribution in [0, 0.1) is 0 Å². The van der Waals surface area contributed by atoms with Gasteiger partial charge in [-0.3, -0.25) is 19.6 Å². The fourth-order valence-corrected chi connectivity index (χ4v) is 6.90. The number of aliphatic hydroxyl groups excluding tert-OH is 1. The molecule has 2 heterocycles. The van der Waals surface area contributed by atoms with E-state index in [4.69, 9.17) is 19.9 Å². The lowest BCUT2D eigenvalue weighted by atomic mass is 9.97. The average Bonchev–Trinajstić information content (AvgIpc) is 3.35. The van der Waals surface area contributed by atoms with E-state index in [2.05, 4.69) is 0 Å². The van der Waals surface area contributed by atoms with Crippen LogP contribution in [0.2, 0.25) is 0 Å². The molecule has 0 radical (unpaired) electrons. The first-order valence-corrected chi connectivity index (χ1v) is 17.5. The molecule has 8 rings (SSSR count). The van der Waals surface area contributed by atoms with E-state index in [0.29, 0.717) is 39.4 Å². The first-order valence-electron chi connectivity index (χ1n) is 17.5. The predicted molar refractivity (Wildman–Crippen MR) is 206 cm³/mol. The molecule has 274 valence electrons. The second-order valence-corrected chi connectivity index (χ2v) is 13.0. The Balaban J connectivity index is 1.12. The monoisotopic (exact) mass is 734 g/mol. The summed E-state index contributed by atoms with van der Waals surface area (Å²) in [5.41, 5.74) is 7.98. The molecule has 12 nitrogen and oxygen atoms in total. The zero-order valence-corrected chi connectivity index (χ0v) is 29.2. The van der Waals surface area contributed by atoms with Crippen LogP contribution in [0.15, 0.2) is 138 Å². The Morgan fingerprint density at radius 1 is 0.745 bits per heavy atom. The molecule has 1 aliphatic rings. The Morgan fingerprint density at radius 2 is 1.47 bits per heavy atom. The summed E-state index contributed by atoms with van der Waals surface area (Å²) >= 11 is 0.